The van der Waals surface area contributed by atoms with Crippen LogP contribution in [-0.4, -0.2) is 56.7 Å². The Hall–Kier alpha value is -2.85. The number of nitrogens with two attached hydrogens (primary N) is 1. The Labute approximate surface area is 258 Å². The van der Waals surface area contributed by atoms with E-state index < -0.39 is 48.0 Å². The zero-order valence-corrected chi connectivity index (χ0v) is 25.4. The molecule has 234 valence electrons. The third-order valence-corrected chi connectivity index (χ3v) is 12.0. The summed E-state index contributed by atoms with van der Waals surface area (Å²) in [5, 5.41) is 42.3. The molecule has 0 radical (unpaired) electrons. The molecule has 1 heterocycles. The number of allylic oxidation sites excluding steroid dienone is 2. The average molecular weight is 602 g/mol. The van der Waals surface area contributed by atoms with E-state index in [4.69, 9.17) is 15.2 Å². The zero-order valence-electron chi connectivity index (χ0n) is 25.4. The minimum atomic E-state index is -1.38. The molecule has 1 aliphatic heterocycles. The van der Waals surface area contributed by atoms with Crippen LogP contribution in [0.2, 0.25) is 0 Å². The molecule has 1 saturated heterocycles. The first-order chi connectivity index (χ1) is 21.1. The number of ether oxygens (including phenoxy) is 2. The lowest BCUT2D eigenvalue weighted by molar-refractivity contribution is -0.201. The minimum absolute atomic E-state index is 0.0484. The van der Waals surface area contributed by atoms with Crippen LogP contribution < -0.4 is 5.73 Å². The number of benzene rings is 2. The third kappa shape index (κ3) is 4.15. The second-order valence-electron chi connectivity index (χ2n) is 14.0. The number of nitrogen functional groups attached to an aromatic ring is 1. The third-order valence-electron chi connectivity index (χ3n) is 12.0. The van der Waals surface area contributed by atoms with Gasteiger partial charge >= 0.3 is 0 Å². The number of Topliss-reactive ketones (excluding diaryl/α,β-unsaturated/α-hetero) is 1. The van der Waals surface area contributed by atoms with E-state index in [1.54, 1.807) is 6.07 Å². The molecule has 4 fully saturated rings. The molecule has 2 aromatic rings. The summed E-state index contributed by atoms with van der Waals surface area (Å²) < 4.78 is 13.4. The molecule has 44 heavy (non-hydrogen) atoms. The molecule has 4 aliphatic carbocycles. The van der Waals surface area contributed by atoms with Gasteiger partial charge in [-0.05, 0) is 61.1 Å². The fourth-order valence-corrected chi connectivity index (χ4v) is 10.0. The van der Waals surface area contributed by atoms with Gasteiger partial charge in [-0.15, -0.1) is 0 Å². The van der Waals surface area contributed by atoms with Crippen molar-refractivity contribution in [3.05, 3.63) is 88.5 Å². The molecule has 10 atom stereocenters. The molecule has 0 aromatic heterocycles. The van der Waals surface area contributed by atoms with Crippen LogP contribution in [0, 0.1) is 28.6 Å². The largest absolute Gasteiger partial charge is 0.398 e. The molecule has 5 aliphatic rings. The Balaban J connectivity index is 1.20. The molecule has 7 rings (SSSR count). The molecule has 8 heteroatoms. The molecule has 6 N–H and O–H groups in total. The lowest BCUT2D eigenvalue weighted by Gasteiger charge is -2.60. The van der Waals surface area contributed by atoms with Crippen LogP contribution in [0.1, 0.15) is 68.1 Å². The van der Waals surface area contributed by atoms with Crippen LogP contribution in [0.15, 0.2) is 66.3 Å². The molecule has 3 saturated carbocycles. The van der Waals surface area contributed by atoms with Crippen LogP contribution in [-0.2, 0) is 27.3 Å². The van der Waals surface area contributed by atoms with E-state index in [1.165, 1.54) is 5.57 Å². The van der Waals surface area contributed by atoms with Gasteiger partial charge in [-0.3, -0.25) is 4.79 Å². The standard InChI is InChI=1S/C36H43NO7/c1-34-12-11-24(40)15-23(34)9-10-25-27-16-31-36(30(42)19-39,35(27,2)17-29(41)32(25)34)44-33(43-31)22-7-3-5-20(14-22)13-21-6-4-8-28(37)26(21)18-38/h3-8,11-12,14-15,24-25,27,29,31-33,38-41H,9-10,13,16-19,37H2,1-2H3/t24?,25-,27-,29-,31+,32+,33+,34-,35-,36+/m0/s1. The highest BCUT2D eigenvalue weighted by molar-refractivity contribution is 5.91. The van der Waals surface area contributed by atoms with Gasteiger partial charge in [-0.2, -0.15) is 0 Å². The van der Waals surface area contributed by atoms with Crippen molar-refractivity contribution in [2.45, 2.75) is 82.8 Å². The van der Waals surface area contributed by atoms with Gasteiger partial charge in [0.15, 0.2) is 17.7 Å². The Morgan fingerprint density at radius 1 is 1.11 bits per heavy atom. The second-order valence-corrected chi connectivity index (χ2v) is 14.0. The number of hydrogen-bond donors (Lipinski definition) is 5. The maximum Gasteiger partial charge on any atom is 0.193 e. The summed E-state index contributed by atoms with van der Waals surface area (Å²) in [5.41, 5.74) is 8.75. The number of carbonyl (C=O) groups is 1. The predicted octanol–water partition coefficient (Wildman–Crippen LogP) is 3.75. The number of hydrogen-bond acceptors (Lipinski definition) is 8. The summed E-state index contributed by atoms with van der Waals surface area (Å²) in [6, 6.07) is 13.5. The first kappa shape index (κ1) is 29.8. The van der Waals surface area contributed by atoms with Crippen LogP contribution in [0.3, 0.4) is 0 Å². The zero-order chi connectivity index (χ0) is 31.0. The molecular formula is C36H43NO7. The first-order valence-electron chi connectivity index (χ1n) is 15.9. The summed E-state index contributed by atoms with van der Waals surface area (Å²) in [4.78, 5) is 13.8. The van der Waals surface area contributed by atoms with Crippen LogP contribution in [0.4, 0.5) is 5.69 Å². The fourth-order valence-electron chi connectivity index (χ4n) is 10.0. The van der Waals surface area contributed by atoms with Crippen molar-refractivity contribution in [1.29, 1.82) is 0 Å². The van der Waals surface area contributed by atoms with Gasteiger partial charge in [-0.25, -0.2) is 0 Å². The Morgan fingerprint density at radius 2 is 1.91 bits per heavy atom. The topological polar surface area (TPSA) is 142 Å². The van der Waals surface area contributed by atoms with Crippen molar-refractivity contribution in [2.24, 2.45) is 28.6 Å². The number of fused-ring (bicyclic) bond motifs is 7. The molecule has 0 bridgehead atoms. The summed E-state index contributed by atoms with van der Waals surface area (Å²) in [6.07, 6.45) is 6.37. The predicted molar refractivity (Wildman–Crippen MR) is 164 cm³/mol. The molecule has 2 aromatic carbocycles. The van der Waals surface area contributed by atoms with E-state index in [2.05, 4.69) is 19.9 Å². The number of anilines is 1. The fraction of sp³-hybridized carbons (Fsp3) is 0.528. The van der Waals surface area contributed by atoms with E-state index in [9.17, 15) is 25.2 Å². The van der Waals surface area contributed by atoms with Crippen molar-refractivity contribution in [2.75, 3.05) is 12.3 Å². The second kappa shape index (κ2) is 10.6. The number of aliphatic hydroxyl groups is 4. The Morgan fingerprint density at radius 3 is 2.68 bits per heavy atom. The normalized spacial score (nSPS) is 40.5. The number of rotatable bonds is 6. The van der Waals surface area contributed by atoms with Crippen LogP contribution >= 0.6 is 0 Å². The summed E-state index contributed by atoms with van der Waals surface area (Å²) in [5.74, 6) is -0.254. The summed E-state index contributed by atoms with van der Waals surface area (Å²) in [6.45, 7) is 3.41. The van der Waals surface area contributed by atoms with Gasteiger partial charge in [0.05, 0.1) is 24.9 Å². The summed E-state index contributed by atoms with van der Waals surface area (Å²) >= 11 is 0. The number of ketones is 1. The summed E-state index contributed by atoms with van der Waals surface area (Å²) in [7, 11) is 0. The van der Waals surface area contributed by atoms with Crippen molar-refractivity contribution >= 4 is 11.5 Å². The van der Waals surface area contributed by atoms with Crippen molar-refractivity contribution in [3.63, 3.8) is 0 Å². The van der Waals surface area contributed by atoms with Gasteiger partial charge in [0, 0.05) is 33.6 Å². The van der Waals surface area contributed by atoms with Gasteiger partial charge in [0.2, 0.25) is 0 Å². The quantitative estimate of drug-likeness (QED) is 0.249. The molecule has 0 spiro atoms. The smallest absolute Gasteiger partial charge is 0.193 e. The maximum atomic E-state index is 13.8. The highest BCUT2D eigenvalue weighted by Gasteiger charge is 2.75. The lowest BCUT2D eigenvalue weighted by atomic mass is 9.46. The van der Waals surface area contributed by atoms with E-state index in [0.29, 0.717) is 30.5 Å². The Kier molecular flexibility index (Phi) is 7.20. The lowest BCUT2D eigenvalue weighted by Crippen LogP contribution is -2.63. The van der Waals surface area contributed by atoms with E-state index >= 15 is 0 Å². The van der Waals surface area contributed by atoms with Gasteiger partial charge in [-0.1, -0.05) is 74.0 Å². The molecule has 8 nitrogen and oxygen atoms in total. The SMILES string of the molecule is C[C@]12C=CC(O)C=C1CC[C@@H]1[C@@H]2[C@@H](O)C[C@@]2(C)[C@H]1C[C@H]1O[C@@H](c3cccc(Cc4cccc(N)c4CO)c3)O[C@]12C(=O)CO. The van der Waals surface area contributed by atoms with E-state index in [0.717, 1.165) is 29.5 Å². The molecule has 0 amide bonds. The van der Waals surface area contributed by atoms with Crippen LogP contribution in [0.25, 0.3) is 0 Å². The molecule has 1 unspecified atom stereocenters. The van der Waals surface area contributed by atoms with E-state index in [1.807, 2.05) is 48.6 Å². The van der Waals surface area contributed by atoms with Crippen molar-refractivity contribution in [3.8, 4) is 0 Å². The molecular weight excluding hydrogens is 558 g/mol. The average Bonchev–Trinajstić information content (AvgIpc) is 3.50. The first-order valence-corrected chi connectivity index (χ1v) is 15.9. The number of aliphatic hydroxyl groups excluding tert-OH is 4. The Bertz CT molecular complexity index is 1540. The maximum absolute atomic E-state index is 13.8. The van der Waals surface area contributed by atoms with Crippen molar-refractivity contribution < 1.29 is 34.7 Å². The van der Waals surface area contributed by atoms with Gasteiger partial charge in [0.1, 0.15) is 6.61 Å². The monoisotopic (exact) mass is 601 g/mol. The highest BCUT2D eigenvalue weighted by Crippen LogP contribution is 2.70. The van der Waals surface area contributed by atoms with Crippen LogP contribution in [0.5, 0.6) is 0 Å². The minimum Gasteiger partial charge on any atom is -0.398 e. The number of carbonyl (C=O) groups excluding carboxylic acids is 1. The van der Waals surface area contributed by atoms with Gasteiger partial charge < -0.3 is 35.6 Å². The van der Waals surface area contributed by atoms with E-state index in [-0.39, 0.29) is 29.8 Å². The highest BCUT2D eigenvalue weighted by atomic mass is 16.7. The van der Waals surface area contributed by atoms with Crippen molar-refractivity contribution in [1.82, 2.24) is 0 Å². The van der Waals surface area contributed by atoms with Gasteiger partial charge in [0.25, 0.3) is 0 Å².